The maximum Gasteiger partial charge on any atom is 0.225 e. The molecule has 26 heavy (non-hydrogen) atoms. The van der Waals surface area contributed by atoms with Gasteiger partial charge in [0.25, 0.3) is 0 Å². The highest BCUT2D eigenvalue weighted by Gasteiger charge is 2.32. The summed E-state index contributed by atoms with van der Waals surface area (Å²) in [7, 11) is 0. The zero-order chi connectivity index (χ0) is 18.3. The van der Waals surface area contributed by atoms with Gasteiger partial charge in [0.2, 0.25) is 5.91 Å². The van der Waals surface area contributed by atoms with Crippen LogP contribution in [0.5, 0.6) is 0 Å². The predicted molar refractivity (Wildman–Crippen MR) is 102 cm³/mol. The molecule has 2 atom stereocenters. The highest BCUT2D eigenvalue weighted by molar-refractivity contribution is 5.86. The number of aromatic nitrogens is 1. The van der Waals surface area contributed by atoms with Crippen molar-refractivity contribution >= 4 is 16.8 Å². The van der Waals surface area contributed by atoms with Crippen LogP contribution in [0, 0.1) is 13.8 Å². The van der Waals surface area contributed by atoms with Gasteiger partial charge in [0.1, 0.15) is 0 Å². The molecule has 0 aliphatic heterocycles. The van der Waals surface area contributed by atoms with Crippen LogP contribution < -0.4 is 5.32 Å². The average molecular weight is 346 g/mol. The topological polar surface area (TPSA) is 62.2 Å². The predicted octanol–water partition coefficient (Wildman–Crippen LogP) is 3.17. The van der Waals surface area contributed by atoms with Crippen LogP contribution in [0.15, 0.2) is 48.5 Å². The first-order valence-electron chi connectivity index (χ1n) is 8.94. The Hall–Kier alpha value is -2.72. The minimum atomic E-state index is -0.576. The minimum absolute atomic E-state index is 0.0889. The van der Waals surface area contributed by atoms with Gasteiger partial charge < -0.3 is 10.4 Å². The summed E-state index contributed by atoms with van der Waals surface area (Å²) < 4.78 is 0. The summed E-state index contributed by atoms with van der Waals surface area (Å²) in [6, 6.07) is 15.5. The molecule has 0 bridgehead atoms. The Labute approximate surface area is 152 Å². The number of aliphatic hydroxyl groups excluding tert-OH is 1. The molecule has 0 saturated carbocycles. The van der Waals surface area contributed by atoms with Gasteiger partial charge in [-0.05, 0) is 42.2 Å². The first-order valence-corrected chi connectivity index (χ1v) is 8.94. The SMILES string of the molecule is Cc1nc2ccccc2c(C)c1CC(=O)NC1c2ccccc2CC1O. The molecule has 0 fully saturated rings. The van der Waals surface area contributed by atoms with Gasteiger partial charge in [0.15, 0.2) is 0 Å². The molecule has 2 unspecified atom stereocenters. The van der Waals surface area contributed by atoms with Crippen LogP contribution in [0.4, 0.5) is 0 Å². The second-order valence-electron chi connectivity index (χ2n) is 7.01. The fourth-order valence-electron chi connectivity index (χ4n) is 3.96. The highest BCUT2D eigenvalue weighted by atomic mass is 16.3. The molecule has 0 saturated heterocycles. The number of carbonyl (C=O) groups is 1. The van der Waals surface area contributed by atoms with Gasteiger partial charge in [0, 0.05) is 17.5 Å². The van der Waals surface area contributed by atoms with Crippen molar-refractivity contribution < 1.29 is 9.90 Å². The van der Waals surface area contributed by atoms with Crippen molar-refractivity contribution in [3.05, 3.63) is 76.5 Å². The Kier molecular flexibility index (Phi) is 4.21. The number of nitrogens with zero attached hydrogens (tertiary/aromatic N) is 1. The second kappa shape index (κ2) is 6.54. The number of benzene rings is 2. The molecular formula is C22H22N2O2. The van der Waals surface area contributed by atoms with E-state index in [0.29, 0.717) is 6.42 Å². The van der Waals surface area contributed by atoms with Crippen molar-refractivity contribution in [2.45, 2.75) is 38.8 Å². The van der Waals surface area contributed by atoms with E-state index in [4.69, 9.17) is 0 Å². The lowest BCUT2D eigenvalue weighted by atomic mass is 9.99. The molecular weight excluding hydrogens is 324 g/mol. The summed E-state index contributed by atoms with van der Waals surface area (Å²) in [5.41, 5.74) is 6.00. The summed E-state index contributed by atoms with van der Waals surface area (Å²) in [6.45, 7) is 3.99. The quantitative estimate of drug-likeness (QED) is 0.766. The zero-order valence-corrected chi connectivity index (χ0v) is 15.0. The van der Waals surface area contributed by atoms with Crippen molar-refractivity contribution in [1.29, 1.82) is 0 Å². The van der Waals surface area contributed by atoms with E-state index in [9.17, 15) is 9.90 Å². The number of aliphatic hydroxyl groups is 1. The number of nitrogens with one attached hydrogen (secondary N) is 1. The lowest BCUT2D eigenvalue weighted by Crippen LogP contribution is -2.35. The third-order valence-corrected chi connectivity index (χ3v) is 5.34. The maximum atomic E-state index is 12.7. The van der Waals surface area contributed by atoms with Gasteiger partial charge in [-0.3, -0.25) is 9.78 Å². The first-order chi connectivity index (χ1) is 12.5. The zero-order valence-electron chi connectivity index (χ0n) is 15.0. The fourth-order valence-corrected chi connectivity index (χ4v) is 3.96. The van der Waals surface area contributed by atoms with Crippen LogP contribution in [-0.2, 0) is 17.6 Å². The van der Waals surface area contributed by atoms with Gasteiger partial charge in [0.05, 0.1) is 24.1 Å². The highest BCUT2D eigenvalue weighted by Crippen LogP contribution is 2.31. The van der Waals surface area contributed by atoms with Crippen LogP contribution in [0.3, 0.4) is 0 Å². The van der Waals surface area contributed by atoms with Crippen molar-refractivity contribution in [1.82, 2.24) is 10.3 Å². The average Bonchev–Trinajstić information content (AvgIpc) is 2.94. The van der Waals surface area contributed by atoms with Crippen LogP contribution in [-0.4, -0.2) is 22.1 Å². The fraction of sp³-hybridized carbons (Fsp3) is 0.273. The molecule has 132 valence electrons. The number of carbonyl (C=O) groups excluding carboxylic acids is 1. The summed E-state index contributed by atoms with van der Waals surface area (Å²) in [5, 5.41) is 14.4. The molecule has 1 aliphatic rings. The third kappa shape index (κ3) is 2.86. The first kappa shape index (κ1) is 16.7. The van der Waals surface area contributed by atoms with Gasteiger partial charge in [-0.25, -0.2) is 0 Å². The normalized spacial score (nSPS) is 18.7. The summed E-state index contributed by atoms with van der Waals surface area (Å²) >= 11 is 0. The van der Waals surface area contributed by atoms with E-state index >= 15 is 0 Å². The number of amides is 1. The Morgan fingerprint density at radius 1 is 1.15 bits per heavy atom. The molecule has 4 heteroatoms. The van der Waals surface area contributed by atoms with E-state index < -0.39 is 6.10 Å². The van der Waals surface area contributed by atoms with Crippen molar-refractivity contribution in [3.63, 3.8) is 0 Å². The molecule has 1 aliphatic carbocycles. The Bertz CT molecular complexity index is 997. The lowest BCUT2D eigenvalue weighted by Gasteiger charge is -2.19. The number of rotatable bonds is 3. The largest absolute Gasteiger partial charge is 0.390 e. The second-order valence-corrected chi connectivity index (χ2v) is 7.01. The van der Waals surface area contributed by atoms with E-state index in [1.807, 2.05) is 62.4 Å². The van der Waals surface area contributed by atoms with E-state index in [1.54, 1.807) is 0 Å². The van der Waals surface area contributed by atoms with Crippen LogP contribution in [0.25, 0.3) is 10.9 Å². The Balaban J connectivity index is 1.59. The van der Waals surface area contributed by atoms with E-state index in [1.165, 1.54) is 0 Å². The Morgan fingerprint density at radius 2 is 1.88 bits per heavy atom. The van der Waals surface area contributed by atoms with Crippen molar-refractivity contribution in [2.24, 2.45) is 0 Å². The third-order valence-electron chi connectivity index (χ3n) is 5.34. The smallest absolute Gasteiger partial charge is 0.225 e. The number of fused-ring (bicyclic) bond motifs is 2. The molecule has 4 rings (SSSR count). The van der Waals surface area contributed by atoms with E-state index in [2.05, 4.69) is 10.3 Å². The monoisotopic (exact) mass is 346 g/mol. The summed E-state index contributed by atoms with van der Waals surface area (Å²) in [6.07, 6.45) is 0.269. The molecule has 2 N–H and O–H groups in total. The molecule has 2 aromatic carbocycles. The number of aryl methyl sites for hydroxylation is 2. The maximum absolute atomic E-state index is 12.7. The van der Waals surface area contributed by atoms with Crippen LogP contribution in [0.1, 0.15) is 34.0 Å². The van der Waals surface area contributed by atoms with Gasteiger partial charge in [-0.1, -0.05) is 42.5 Å². The lowest BCUT2D eigenvalue weighted by molar-refractivity contribution is -0.122. The van der Waals surface area contributed by atoms with Crippen LogP contribution in [0.2, 0.25) is 0 Å². The standard InChI is InChI=1S/C22H22N2O2/c1-13-16-8-5-6-10-19(16)23-14(2)18(13)12-21(26)24-22-17-9-4-3-7-15(17)11-20(22)25/h3-10,20,22,25H,11-12H2,1-2H3,(H,24,26). The molecule has 0 spiro atoms. The van der Waals surface area contributed by atoms with E-state index in [0.717, 1.165) is 38.9 Å². The minimum Gasteiger partial charge on any atom is -0.390 e. The molecule has 1 aromatic heterocycles. The summed E-state index contributed by atoms with van der Waals surface area (Å²) in [4.78, 5) is 17.4. The van der Waals surface area contributed by atoms with Gasteiger partial charge in [-0.15, -0.1) is 0 Å². The number of hydrogen-bond acceptors (Lipinski definition) is 3. The van der Waals surface area contributed by atoms with Gasteiger partial charge >= 0.3 is 0 Å². The van der Waals surface area contributed by atoms with E-state index in [-0.39, 0.29) is 18.4 Å². The summed E-state index contributed by atoms with van der Waals surface area (Å²) in [5.74, 6) is -0.0889. The Morgan fingerprint density at radius 3 is 2.73 bits per heavy atom. The number of para-hydroxylation sites is 1. The van der Waals surface area contributed by atoms with Crippen molar-refractivity contribution in [2.75, 3.05) is 0 Å². The number of hydrogen-bond donors (Lipinski definition) is 2. The molecule has 1 heterocycles. The molecule has 3 aromatic rings. The van der Waals surface area contributed by atoms with Crippen molar-refractivity contribution in [3.8, 4) is 0 Å². The molecule has 0 radical (unpaired) electrons. The number of pyridine rings is 1. The molecule has 1 amide bonds. The molecule has 4 nitrogen and oxygen atoms in total. The van der Waals surface area contributed by atoms with Gasteiger partial charge in [-0.2, -0.15) is 0 Å². The van der Waals surface area contributed by atoms with Crippen LogP contribution >= 0.6 is 0 Å².